The Hall–Kier alpha value is -2.90. The van der Waals surface area contributed by atoms with E-state index in [4.69, 9.17) is 0 Å². The number of nitrogens with zero attached hydrogens (tertiary/aromatic N) is 2. The van der Waals surface area contributed by atoms with Crippen molar-refractivity contribution in [1.29, 1.82) is 0 Å². The number of hydrogen-bond acceptors (Lipinski definition) is 3. The molecule has 3 N–H and O–H groups in total. The van der Waals surface area contributed by atoms with Crippen LogP contribution in [0.1, 0.15) is 23.5 Å². The van der Waals surface area contributed by atoms with Gasteiger partial charge < -0.3 is 9.97 Å². The predicted octanol–water partition coefficient (Wildman–Crippen LogP) is 4.02. The fourth-order valence-corrected chi connectivity index (χ4v) is 4.88. The Balaban J connectivity index is 1.26. The summed E-state index contributed by atoms with van der Waals surface area (Å²) in [5, 5.41) is 1.88. The number of aromatic nitrogens is 3. The molecule has 1 aliphatic rings. The lowest BCUT2D eigenvalue weighted by atomic mass is 9.98. The van der Waals surface area contributed by atoms with Crippen LogP contribution in [0.3, 0.4) is 0 Å². The van der Waals surface area contributed by atoms with E-state index in [-0.39, 0.29) is 0 Å². The number of benzene rings is 2. The summed E-state index contributed by atoms with van der Waals surface area (Å²) in [5.74, 6) is 0.488. The van der Waals surface area contributed by atoms with Crippen molar-refractivity contribution in [3.63, 3.8) is 0 Å². The van der Waals surface area contributed by atoms with Gasteiger partial charge in [-0.2, -0.15) is 0 Å². The molecule has 0 saturated carbocycles. The van der Waals surface area contributed by atoms with Crippen LogP contribution in [0.2, 0.25) is 0 Å². The second-order valence-electron chi connectivity index (χ2n) is 7.49. The standard InChI is InChI=1S/C22H23N5OS/c28-29(22-12-23-15-25-22)26-19-5-3-4-16(10-19)17-8-9-27(13-17)14-18-11-24-21-7-2-1-6-20(18)21/h1-7,10-12,15,17,24,26H,8-9,13-14H2,(H,23,25). The molecule has 1 saturated heterocycles. The van der Waals surface area contributed by atoms with Crippen molar-refractivity contribution in [2.45, 2.75) is 23.9 Å². The number of rotatable bonds is 6. The van der Waals surface area contributed by atoms with Crippen LogP contribution in [0, 0.1) is 0 Å². The van der Waals surface area contributed by atoms with Crippen LogP contribution >= 0.6 is 0 Å². The smallest absolute Gasteiger partial charge is 0.168 e. The number of aromatic amines is 2. The maximum atomic E-state index is 12.4. The minimum Gasteiger partial charge on any atom is -0.361 e. The first kappa shape index (κ1) is 18.1. The first-order valence-corrected chi connectivity index (χ1v) is 11.0. The predicted molar refractivity (Wildman–Crippen MR) is 116 cm³/mol. The Labute approximate surface area is 172 Å². The third-order valence-corrected chi connectivity index (χ3v) is 6.63. The molecule has 0 bridgehead atoms. The van der Waals surface area contributed by atoms with E-state index in [9.17, 15) is 4.21 Å². The van der Waals surface area contributed by atoms with E-state index >= 15 is 0 Å². The molecule has 3 heterocycles. The second kappa shape index (κ2) is 7.85. The van der Waals surface area contributed by atoms with Crippen LogP contribution in [0.5, 0.6) is 0 Å². The van der Waals surface area contributed by atoms with Gasteiger partial charge in [-0.15, -0.1) is 0 Å². The molecule has 2 aromatic heterocycles. The van der Waals surface area contributed by atoms with Gasteiger partial charge in [0.2, 0.25) is 0 Å². The number of imidazole rings is 1. The van der Waals surface area contributed by atoms with Crippen molar-refractivity contribution in [3.05, 3.63) is 78.4 Å². The second-order valence-corrected chi connectivity index (χ2v) is 8.67. The lowest BCUT2D eigenvalue weighted by Gasteiger charge is -2.16. The highest BCUT2D eigenvalue weighted by Gasteiger charge is 2.24. The van der Waals surface area contributed by atoms with Crippen LogP contribution in [-0.2, 0) is 17.5 Å². The quantitative estimate of drug-likeness (QED) is 0.454. The lowest BCUT2D eigenvalue weighted by molar-refractivity contribution is 0.328. The number of likely N-dealkylation sites (tertiary alicyclic amines) is 1. The summed E-state index contributed by atoms with van der Waals surface area (Å²) in [7, 11) is -1.34. The molecule has 1 fully saturated rings. The summed E-state index contributed by atoms with van der Waals surface area (Å²) < 4.78 is 15.4. The molecule has 1 aliphatic heterocycles. The number of para-hydroxylation sites is 1. The Morgan fingerprint density at radius 3 is 3.00 bits per heavy atom. The third kappa shape index (κ3) is 3.83. The summed E-state index contributed by atoms with van der Waals surface area (Å²) in [5.41, 5.74) is 4.71. The van der Waals surface area contributed by atoms with Crippen molar-refractivity contribution in [3.8, 4) is 0 Å². The van der Waals surface area contributed by atoms with Gasteiger partial charge in [0.25, 0.3) is 0 Å². The minimum absolute atomic E-state index is 0.488. The van der Waals surface area contributed by atoms with Crippen molar-refractivity contribution >= 4 is 27.6 Å². The highest BCUT2D eigenvalue weighted by atomic mass is 32.2. The average Bonchev–Trinajstić information content (AvgIpc) is 3.50. The fourth-order valence-electron chi connectivity index (χ4n) is 4.11. The van der Waals surface area contributed by atoms with Crippen molar-refractivity contribution in [1.82, 2.24) is 19.9 Å². The number of hydrogen-bond donors (Lipinski definition) is 3. The molecule has 7 heteroatoms. The van der Waals surface area contributed by atoms with Crippen molar-refractivity contribution in [2.75, 3.05) is 17.8 Å². The number of nitrogens with one attached hydrogen (secondary N) is 3. The summed E-state index contributed by atoms with van der Waals surface area (Å²) in [6.45, 7) is 3.08. The van der Waals surface area contributed by atoms with Crippen molar-refractivity contribution in [2.24, 2.45) is 0 Å². The monoisotopic (exact) mass is 405 g/mol. The molecule has 2 atom stereocenters. The first-order chi connectivity index (χ1) is 14.3. The highest BCUT2D eigenvalue weighted by molar-refractivity contribution is 7.86. The largest absolute Gasteiger partial charge is 0.361 e. The topological polar surface area (TPSA) is 76.8 Å². The van der Waals surface area contributed by atoms with Gasteiger partial charge in [-0.1, -0.05) is 30.3 Å². The van der Waals surface area contributed by atoms with E-state index in [0.29, 0.717) is 10.9 Å². The van der Waals surface area contributed by atoms with Crippen LogP contribution in [0.4, 0.5) is 5.69 Å². The zero-order chi connectivity index (χ0) is 19.6. The van der Waals surface area contributed by atoms with Gasteiger partial charge in [-0.25, -0.2) is 9.19 Å². The average molecular weight is 406 g/mol. The Kier molecular flexibility index (Phi) is 4.91. The van der Waals surface area contributed by atoms with Crippen LogP contribution in [0.25, 0.3) is 10.9 Å². The fraction of sp³-hybridized carbons (Fsp3) is 0.227. The molecule has 5 rings (SSSR count). The molecule has 6 nitrogen and oxygen atoms in total. The van der Waals surface area contributed by atoms with Crippen molar-refractivity contribution < 1.29 is 4.21 Å². The van der Waals surface area contributed by atoms with Gasteiger partial charge in [0.05, 0.1) is 12.5 Å². The van der Waals surface area contributed by atoms with Gasteiger partial charge in [0, 0.05) is 35.9 Å². The summed E-state index contributed by atoms with van der Waals surface area (Å²) in [4.78, 5) is 12.7. The van der Waals surface area contributed by atoms with Crippen LogP contribution in [0.15, 0.2) is 72.3 Å². The molecular formula is C22H23N5OS. The third-order valence-electron chi connectivity index (χ3n) is 5.58. The summed E-state index contributed by atoms with van der Waals surface area (Å²) in [6.07, 6.45) is 6.38. The van der Waals surface area contributed by atoms with E-state index in [1.165, 1.54) is 28.4 Å². The van der Waals surface area contributed by atoms with E-state index in [1.807, 2.05) is 12.1 Å². The van der Waals surface area contributed by atoms with Gasteiger partial charge in [0.15, 0.2) is 11.0 Å². The molecule has 4 aromatic rings. The van der Waals surface area contributed by atoms with E-state index in [1.54, 1.807) is 6.20 Å². The van der Waals surface area contributed by atoms with Gasteiger partial charge in [-0.05, 0) is 48.2 Å². The maximum Gasteiger partial charge on any atom is 0.168 e. The molecular weight excluding hydrogens is 382 g/mol. The Morgan fingerprint density at radius 2 is 2.10 bits per heavy atom. The molecule has 2 aromatic carbocycles. The normalized spacial score (nSPS) is 18.3. The minimum atomic E-state index is -1.34. The highest BCUT2D eigenvalue weighted by Crippen LogP contribution is 2.31. The molecule has 0 aliphatic carbocycles. The molecule has 0 radical (unpaired) electrons. The van der Waals surface area contributed by atoms with E-state index < -0.39 is 11.0 Å². The zero-order valence-electron chi connectivity index (χ0n) is 16.0. The van der Waals surface area contributed by atoms with Crippen LogP contribution in [-0.4, -0.2) is 37.2 Å². The van der Waals surface area contributed by atoms with E-state index in [2.05, 4.69) is 67.2 Å². The molecule has 148 valence electrons. The summed E-state index contributed by atoms with van der Waals surface area (Å²) in [6, 6.07) is 16.7. The molecule has 0 spiro atoms. The summed E-state index contributed by atoms with van der Waals surface area (Å²) >= 11 is 0. The molecule has 2 unspecified atom stereocenters. The van der Waals surface area contributed by atoms with Gasteiger partial charge in [-0.3, -0.25) is 9.62 Å². The Bertz CT molecular complexity index is 1140. The van der Waals surface area contributed by atoms with Gasteiger partial charge in [0.1, 0.15) is 5.03 Å². The van der Waals surface area contributed by atoms with Crippen LogP contribution < -0.4 is 4.72 Å². The Morgan fingerprint density at radius 1 is 1.17 bits per heavy atom. The number of H-pyrrole nitrogens is 2. The lowest BCUT2D eigenvalue weighted by Crippen LogP contribution is -2.19. The number of fused-ring (bicyclic) bond motifs is 1. The SMILES string of the molecule is O=S(Nc1cccc(C2CCN(Cc3c[nH]c4ccccc34)C2)c1)c1cnc[nH]1. The molecule has 0 amide bonds. The zero-order valence-corrected chi connectivity index (χ0v) is 16.8. The van der Waals surface area contributed by atoms with E-state index in [0.717, 1.165) is 31.7 Å². The molecule has 29 heavy (non-hydrogen) atoms. The van der Waals surface area contributed by atoms with Gasteiger partial charge >= 0.3 is 0 Å². The number of anilines is 1. The first-order valence-electron chi connectivity index (χ1n) is 9.80. The maximum absolute atomic E-state index is 12.4.